The van der Waals surface area contributed by atoms with Gasteiger partial charge in [0.1, 0.15) is 12.6 Å². The number of amides is 2. The van der Waals surface area contributed by atoms with Gasteiger partial charge in [-0.25, -0.2) is 18.4 Å². The number of carbonyl (C=O) groups excluding carboxylic acids is 2. The van der Waals surface area contributed by atoms with Gasteiger partial charge in [-0.05, 0) is 22.3 Å². The summed E-state index contributed by atoms with van der Waals surface area (Å²) in [5, 5.41) is 21.4. The predicted octanol–water partition coefficient (Wildman–Crippen LogP) is 2.99. The van der Waals surface area contributed by atoms with E-state index in [1.807, 2.05) is 48.5 Å². The van der Waals surface area contributed by atoms with E-state index in [-0.39, 0.29) is 38.5 Å². The Hall–Kier alpha value is -3.53. The van der Waals surface area contributed by atoms with Gasteiger partial charge in [0, 0.05) is 38.3 Å². The maximum Gasteiger partial charge on any atom is 0.407 e. The number of piperidine rings is 1. The number of alkyl halides is 2. The zero-order chi connectivity index (χ0) is 25.2. The molecule has 0 radical (unpaired) electrons. The van der Waals surface area contributed by atoms with Crippen LogP contribution in [0.4, 0.5) is 13.6 Å². The highest BCUT2D eigenvalue weighted by Gasteiger charge is 2.42. The number of alkyl carbamates (subject to hydrolysis) is 1. The highest BCUT2D eigenvalue weighted by atomic mass is 19.3. The lowest BCUT2D eigenvalue weighted by Crippen LogP contribution is -2.55. The average molecular weight is 488 g/mol. The Morgan fingerprint density at radius 3 is 2.09 bits per heavy atom. The third-order valence-corrected chi connectivity index (χ3v) is 6.65. The minimum absolute atomic E-state index is 0.0369. The molecule has 1 saturated heterocycles. The zero-order valence-corrected chi connectivity index (χ0v) is 18.8. The van der Waals surface area contributed by atoms with Crippen molar-refractivity contribution in [2.45, 2.75) is 43.2 Å². The number of benzene rings is 2. The van der Waals surface area contributed by atoms with Gasteiger partial charge in [-0.1, -0.05) is 48.5 Å². The molecule has 0 saturated carbocycles. The van der Waals surface area contributed by atoms with Crippen LogP contribution in [0.3, 0.4) is 0 Å². The molecule has 2 aliphatic rings. The molecule has 1 heterocycles. The number of carboxylic acids is 1. The van der Waals surface area contributed by atoms with E-state index in [1.165, 1.54) is 4.90 Å². The summed E-state index contributed by atoms with van der Waals surface area (Å²) in [5.74, 6) is -2.40. The zero-order valence-electron chi connectivity index (χ0n) is 18.8. The Labute approximate surface area is 200 Å². The first-order valence-electron chi connectivity index (χ1n) is 11.3. The molecule has 0 spiro atoms. The molecular weight excluding hydrogens is 462 g/mol. The smallest absolute Gasteiger partial charge is 0.407 e. The minimum atomic E-state index is -2.86. The summed E-state index contributed by atoms with van der Waals surface area (Å²) in [6.07, 6.45) is -5.24. The van der Waals surface area contributed by atoms with Gasteiger partial charge in [0.05, 0.1) is 0 Å². The molecule has 1 aliphatic heterocycles. The van der Waals surface area contributed by atoms with Gasteiger partial charge in [0.15, 0.2) is 5.60 Å². The van der Waals surface area contributed by atoms with E-state index in [1.54, 1.807) is 0 Å². The van der Waals surface area contributed by atoms with E-state index >= 15 is 0 Å². The van der Waals surface area contributed by atoms with Crippen molar-refractivity contribution >= 4 is 18.0 Å². The van der Waals surface area contributed by atoms with Crippen LogP contribution in [0.5, 0.6) is 0 Å². The van der Waals surface area contributed by atoms with Crippen LogP contribution in [0.1, 0.15) is 36.3 Å². The lowest BCUT2D eigenvalue weighted by molar-refractivity contribution is -0.165. The number of nitrogens with zero attached hydrogens (tertiary/aromatic N) is 1. The van der Waals surface area contributed by atoms with Crippen molar-refractivity contribution in [2.75, 3.05) is 19.7 Å². The van der Waals surface area contributed by atoms with Gasteiger partial charge >= 0.3 is 12.1 Å². The molecule has 0 bridgehead atoms. The summed E-state index contributed by atoms with van der Waals surface area (Å²) in [6, 6.07) is 13.9. The van der Waals surface area contributed by atoms with Gasteiger partial charge in [-0.15, -0.1) is 0 Å². The number of carbonyl (C=O) groups is 3. The molecule has 2 aromatic carbocycles. The normalized spacial score (nSPS) is 17.4. The third-order valence-electron chi connectivity index (χ3n) is 6.65. The first-order chi connectivity index (χ1) is 16.7. The fraction of sp³-hybridized carbons (Fsp3) is 0.400. The topological polar surface area (TPSA) is 116 Å². The van der Waals surface area contributed by atoms with Crippen LogP contribution < -0.4 is 5.32 Å². The number of carboxylic acid groups (broad SMARTS) is 1. The fourth-order valence-electron chi connectivity index (χ4n) is 4.71. The number of hydrogen-bond acceptors (Lipinski definition) is 5. The van der Waals surface area contributed by atoms with Crippen molar-refractivity contribution < 1.29 is 38.1 Å². The molecule has 1 unspecified atom stereocenters. The van der Waals surface area contributed by atoms with Crippen LogP contribution >= 0.6 is 0 Å². The number of aliphatic hydroxyl groups is 1. The molecule has 10 heteroatoms. The average Bonchev–Trinajstić information content (AvgIpc) is 3.16. The van der Waals surface area contributed by atoms with E-state index < -0.39 is 42.5 Å². The van der Waals surface area contributed by atoms with Crippen LogP contribution in [0, 0.1) is 0 Å². The molecule has 2 aromatic rings. The number of halogens is 2. The maximum atomic E-state index is 13.2. The monoisotopic (exact) mass is 488 g/mol. The van der Waals surface area contributed by atoms with E-state index in [0.717, 1.165) is 22.3 Å². The van der Waals surface area contributed by atoms with Crippen LogP contribution in [0.2, 0.25) is 0 Å². The Balaban J connectivity index is 1.40. The number of rotatable bonds is 7. The van der Waals surface area contributed by atoms with Crippen molar-refractivity contribution in [1.29, 1.82) is 0 Å². The second-order valence-corrected chi connectivity index (χ2v) is 8.81. The van der Waals surface area contributed by atoms with Crippen molar-refractivity contribution in [2.24, 2.45) is 0 Å². The Kier molecular flexibility index (Phi) is 7.02. The number of ether oxygens (including phenoxy) is 1. The summed E-state index contributed by atoms with van der Waals surface area (Å²) < 4.78 is 31.7. The van der Waals surface area contributed by atoms with Crippen LogP contribution in [-0.4, -0.2) is 70.8 Å². The number of fused-ring (bicyclic) bond motifs is 3. The molecule has 186 valence electrons. The predicted molar refractivity (Wildman–Crippen MR) is 121 cm³/mol. The number of nitrogens with one attached hydrogen (secondary N) is 1. The lowest BCUT2D eigenvalue weighted by atomic mass is 9.91. The first kappa shape index (κ1) is 24.6. The molecule has 3 N–H and O–H groups in total. The minimum Gasteiger partial charge on any atom is -0.479 e. The summed E-state index contributed by atoms with van der Waals surface area (Å²) in [5.41, 5.74) is 2.08. The van der Waals surface area contributed by atoms with Gasteiger partial charge in [0.25, 0.3) is 0 Å². The standard InChI is InChI=1S/C25H26F2N2O6/c26-21(27)13-20(22(30)29-11-9-25(34,10-12-29)23(31)32)28-24(33)35-14-19-17-7-3-1-5-15(17)16-6-2-4-8-18(16)19/h1-8,19-21,34H,9-14H2,(H,28,33)(H,31,32). The highest BCUT2D eigenvalue weighted by molar-refractivity contribution is 5.86. The second kappa shape index (κ2) is 9.99. The molecule has 1 aliphatic carbocycles. The summed E-state index contributed by atoms with van der Waals surface area (Å²) in [4.78, 5) is 37.7. The summed E-state index contributed by atoms with van der Waals surface area (Å²) in [6.45, 7) is -0.299. The molecule has 8 nitrogen and oxygen atoms in total. The van der Waals surface area contributed by atoms with E-state index in [4.69, 9.17) is 9.84 Å². The molecule has 35 heavy (non-hydrogen) atoms. The van der Waals surface area contributed by atoms with E-state index in [9.17, 15) is 28.3 Å². The molecular formula is C25H26F2N2O6. The number of aliphatic carboxylic acids is 1. The quantitative estimate of drug-likeness (QED) is 0.552. The summed E-state index contributed by atoms with van der Waals surface area (Å²) in [7, 11) is 0. The van der Waals surface area contributed by atoms with Crippen LogP contribution in [0.25, 0.3) is 11.1 Å². The van der Waals surface area contributed by atoms with Gasteiger partial charge in [-0.3, -0.25) is 4.79 Å². The Morgan fingerprint density at radius 1 is 1.03 bits per heavy atom. The lowest BCUT2D eigenvalue weighted by Gasteiger charge is -2.37. The second-order valence-electron chi connectivity index (χ2n) is 8.81. The van der Waals surface area contributed by atoms with Gasteiger partial charge in [0.2, 0.25) is 12.3 Å². The largest absolute Gasteiger partial charge is 0.479 e. The molecule has 2 amide bonds. The van der Waals surface area contributed by atoms with Crippen molar-refractivity contribution in [3.8, 4) is 11.1 Å². The SMILES string of the molecule is O=C(NC(CC(F)F)C(=O)N1CCC(O)(C(=O)O)CC1)OCC1c2ccccc2-c2ccccc21. The van der Waals surface area contributed by atoms with Crippen LogP contribution in [0.15, 0.2) is 48.5 Å². The van der Waals surface area contributed by atoms with Crippen molar-refractivity contribution in [1.82, 2.24) is 10.2 Å². The van der Waals surface area contributed by atoms with Crippen LogP contribution in [-0.2, 0) is 14.3 Å². The van der Waals surface area contributed by atoms with E-state index in [2.05, 4.69) is 5.32 Å². The summed E-state index contributed by atoms with van der Waals surface area (Å²) >= 11 is 0. The Morgan fingerprint density at radius 2 is 1.57 bits per heavy atom. The van der Waals surface area contributed by atoms with Gasteiger partial charge < -0.3 is 25.2 Å². The van der Waals surface area contributed by atoms with Crippen molar-refractivity contribution in [3.05, 3.63) is 59.7 Å². The maximum absolute atomic E-state index is 13.2. The molecule has 4 rings (SSSR count). The molecule has 0 aromatic heterocycles. The van der Waals surface area contributed by atoms with Gasteiger partial charge in [-0.2, -0.15) is 0 Å². The van der Waals surface area contributed by atoms with Crippen molar-refractivity contribution in [3.63, 3.8) is 0 Å². The molecule has 1 atom stereocenters. The highest BCUT2D eigenvalue weighted by Crippen LogP contribution is 2.44. The number of likely N-dealkylation sites (tertiary alicyclic amines) is 1. The third kappa shape index (κ3) is 5.12. The Bertz CT molecular complexity index is 1070. The van der Waals surface area contributed by atoms with E-state index in [0.29, 0.717) is 0 Å². The fourth-order valence-corrected chi connectivity index (χ4v) is 4.71. The number of hydrogen-bond donors (Lipinski definition) is 3. The molecule has 1 fully saturated rings. The first-order valence-corrected chi connectivity index (χ1v) is 11.3.